The molecule has 0 aromatic heterocycles. The van der Waals surface area contributed by atoms with Crippen molar-refractivity contribution in [2.24, 2.45) is 0 Å². The van der Waals surface area contributed by atoms with E-state index in [2.05, 4.69) is 10.6 Å². The number of likely N-dealkylation sites (N-methyl/N-ethyl adjacent to an activating group) is 1. The Morgan fingerprint density at radius 1 is 1.12 bits per heavy atom. The molecule has 1 fully saturated rings. The first kappa shape index (κ1) is 18.5. The molecule has 3 rings (SSSR count). The lowest BCUT2D eigenvalue weighted by Gasteiger charge is -2.32. The van der Waals surface area contributed by atoms with E-state index in [1.807, 2.05) is 19.1 Å². The second-order valence-corrected chi connectivity index (χ2v) is 6.83. The zero-order valence-electron chi connectivity index (χ0n) is 15.4. The molecule has 0 spiro atoms. The predicted octanol–water partition coefficient (Wildman–Crippen LogP) is -2.69. The van der Waals surface area contributed by atoms with Gasteiger partial charge in [0.05, 0.1) is 0 Å². The van der Waals surface area contributed by atoms with Gasteiger partial charge in [0.1, 0.15) is 39.4 Å². The van der Waals surface area contributed by atoms with Crippen molar-refractivity contribution >= 4 is 17.5 Å². The molecule has 1 atom stereocenters. The van der Waals surface area contributed by atoms with Crippen molar-refractivity contribution < 1.29 is 28.9 Å². The number of benzene rings is 1. The number of hydrogen-bond donors (Lipinski definition) is 4. The summed E-state index contributed by atoms with van der Waals surface area (Å²) in [5.74, 6) is 1.43. The first-order chi connectivity index (χ1) is 12.6. The van der Waals surface area contributed by atoms with Gasteiger partial charge in [-0.15, -0.1) is 0 Å². The van der Waals surface area contributed by atoms with Crippen molar-refractivity contribution in [3.8, 4) is 11.5 Å². The van der Waals surface area contributed by atoms with Crippen molar-refractivity contribution in [3.05, 3.63) is 18.2 Å². The van der Waals surface area contributed by atoms with E-state index < -0.39 is 0 Å². The van der Waals surface area contributed by atoms with Crippen LogP contribution in [0.5, 0.6) is 11.5 Å². The van der Waals surface area contributed by atoms with E-state index in [0.717, 1.165) is 31.9 Å². The van der Waals surface area contributed by atoms with Gasteiger partial charge in [-0.1, -0.05) is 0 Å². The molecule has 2 amide bonds. The van der Waals surface area contributed by atoms with Crippen LogP contribution in [0.15, 0.2) is 18.2 Å². The van der Waals surface area contributed by atoms with E-state index in [0.29, 0.717) is 31.3 Å². The van der Waals surface area contributed by atoms with Crippen LogP contribution in [-0.2, 0) is 9.59 Å². The SMILES string of the molecule is CNC(=O)C[NH+]1CC[NH+]([C@H](C)C(=O)Nc2ccc3c(c2)OCCO3)CC1. The summed E-state index contributed by atoms with van der Waals surface area (Å²) in [7, 11) is 1.66. The third-order valence-corrected chi connectivity index (χ3v) is 5.10. The largest absolute Gasteiger partial charge is 0.486 e. The second kappa shape index (κ2) is 8.37. The number of quaternary nitrogens is 2. The van der Waals surface area contributed by atoms with Crippen LogP contribution in [0.1, 0.15) is 6.92 Å². The Hall–Kier alpha value is -2.32. The molecule has 142 valence electrons. The van der Waals surface area contributed by atoms with Crippen LogP contribution >= 0.6 is 0 Å². The zero-order chi connectivity index (χ0) is 18.5. The average Bonchev–Trinajstić information content (AvgIpc) is 2.67. The number of nitrogens with one attached hydrogen (secondary N) is 4. The van der Waals surface area contributed by atoms with Crippen LogP contribution in [0.25, 0.3) is 0 Å². The van der Waals surface area contributed by atoms with Gasteiger partial charge in [0, 0.05) is 18.8 Å². The van der Waals surface area contributed by atoms with Crippen LogP contribution in [0.4, 0.5) is 5.69 Å². The van der Waals surface area contributed by atoms with Gasteiger partial charge in [0.15, 0.2) is 24.1 Å². The Morgan fingerprint density at radius 2 is 1.81 bits per heavy atom. The van der Waals surface area contributed by atoms with E-state index in [-0.39, 0.29) is 17.9 Å². The molecule has 1 aromatic carbocycles. The first-order valence-electron chi connectivity index (χ1n) is 9.16. The molecule has 8 heteroatoms. The topological polar surface area (TPSA) is 85.5 Å². The number of piperazine rings is 1. The maximum Gasteiger partial charge on any atom is 0.282 e. The standard InChI is InChI=1S/C18H26N4O4/c1-13(22-7-5-21(6-8-22)12-17(23)19-2)18(24)20-14-3-4-15-16(11-14)26-10-9-25-15/h3-4,11,13H,5-10,12H2,1-2H3,(H,19,23)(H,20,24)/p+2/t13-/m1/s1. The van der Waals surface area contributed by atoms with E-state index in [9.17, 15) is 9.59 Å². The molecule has 8 nitrogen and oxygen atoms in total. The summed E-state index contributed by atoms with van der Waals surface area (Å²) < 4.78 is 11.1. The minimum Gasteiger partial charge on any atom is -0.486 e. The lowest BCUT2D eigenvalue weighted by Crippen LogP contribution is -3.30. The molecule has 2 aliphatic rings. The molecule has 26 heavy (non-hydrogen) atoms. The van der Waals surface area contributed by atoms with E-state index in [1.165, 1.54) is 9.80 Å². The number of hydrogen-bond acceptors (Lipinski definition) is 4. The molecule has 0 bridgehead atoms. The summed E-state index contributed by atoms with van der Waals surface area (Å²) in [5.41, 5.74) is 0.717. The minimum absolute atomic E-state index is 0.00794. The van der Waals surface area contributed by atoms with Gasteiger partial charge in [0.25, 0.3) is 11.8 Å². The summed E-state index contributed by atoms with van der Waals surface area (Å²) in [4.78, 5) is 26.6. The fourth-order valence-electron chi connectivity index (χ4n) is 3.41. The highest BCUT2D eigenvalue weighted by molar-refractivity contribution is 5.93. The molecule has 4 N–H and O–H groups in total. The third-order valence-electron chi connectivity index (χ3n) is 5.10. The molecule has 0 radical (unpaired) electrons. The van der Waals surface area contributed by atoms with Gasteiger partial charge >= 0.3 is 0 Å². The summed E-state index contributed by atoms with van der Waals surface area (Å²) in [6, 6.07) is 5.31. The number of carbonyl (C=O) groups is 2. The number of amides is 2. The summed E-state index contributed by atoms with van der Waals surface area (Å²) >= 11 is 0. The Bertz CT molecular complexity index is 659. The molecular formula is C18H28N4O4+2. The Labute approximate surface area is 153 Å². The highest BCUT2D eigenvalue weighted by Gasteiger charge is 2.31. The Morgan fingerprint density at radius 3 is 2.50 bits per heavy atom. The monoisotopic (exact) mass is 364 g/mol. The molecule has 1 aromatic rings. The molecule has 0 unspecified atom stereocenters. The van der Waals surface area contributed by atoms with Gasteiger partial charge in [-0.25, -0.2) is 0 Å². The van der Waals surface area contributed by atoms with Crippen LogP contribution < -0.4 is 29.9 Å². The molecule has 2 aliphatic heterocycles. The maximum absolute atomic E-state index is 12.6. The van der Waals surface area contributed by atoms with Crippen molar-refractivity contribution in [1.82, 2.24) is 5.32 Å². The molecule has 0 aliphatic carbocycles. The summed E-state index contributed by atoms with van der Waals surface area (Å²) in [5, 5.41) is 5.64. The highest BCUT2D eigenvalue weighted by Crippen LogP contribution is 2.32. The normalized spacial score (nSPS) is 23.0. The van der Waals surface area contributed by atoms with Crippen LogP contribution in [0.3, 0.4) is 0 Å². The van der Waals surface area contributed by atoms with Gasteiger partial charge in [-0.2, -0.15) is 0 Å². The van der Waals surface area contributed by atoms with Crippen LogP contribution in [0.2, 0.25) is 0 Å². The number of anilines is 1. The van der Waals surface area contributed by atoms with E-state index in [4.69, 9.17) is 9.47 Å². The number of rotatable bonds is 5. The van der Waals surface area contributed by atoms with Crippen molar-refractivity contribution in [2.45, 2.75) is 13.0 Å². The lowest BCUT2D eigenvalue weighted by molar-refractivity contribution is -1.01. The van der Waals surface area contributed by atoms with Crippen LogP contribution in [-0.4, -0.2) is 70.8 Å². The fourth-order valence-corrected chi connectivity index (χ4v) is 3.41. The number of fused-ring (bicyclic) bond motifs is 1. The lowest BCUT2D eigenvalue weighted by atomic mass is 10.2. The zero-order valence-corrected chi connectivity index (χ0v) is 15.4. The van der Waals surface area contributed by atoms with E-state index in [1.54, 1.807) is 13.1 Å². The molecule has 0 saturated carbocycles. The summed E-state index contributed by atoms with van der Waals surface area (Å²) in [6.45, 7) is 7.06. The maximum atomic E-state index is 12.6. The van der Waals surface area contributed by atoms with Gasteiger partial charge < -0.3 is 29.9 Å². The van der Waals surface area contributed by atoms with Crippen molar-refractivity contribution in [3.63, 3.8) is 0 Å². The fraction of sp³-hybridized carbons (Fsp3) is 0.556. The number of carbonyl (C=O) groups excluding carboxylic acids is 2. The smallest absolute Gasteiger partial charge is 0.282 e. The third kappa shape index (κ3) is 4.44. The molecule has 2 heterocycles. The highest BCUT2D eigenvalue weighted by atomic mass is 16.6. The van der Waals surface area contributed by atoms with Gasteiger partial charge in [-0.05, 0) is 19.1 Å². The number of ether oxygens (including phenoxy) is 2. The quantitative estimate of drug-likeness (QED) is 0.459. The van der Waals surface area contributed by atoms with Gasteiger partial charge in [-0.3, -0.25) is 9.59 Å². The summed E-state index contributed by atoms with van der Waals surface area (Å²) in [6.07, 6.45) is 0. The minimum atomic E-state index is -0.148. The predicted molar refractivity (Wildman–Crippen MR) is 95.9 cm³/mol. The first-order valence-corrected chi connectivity index (χ1v) is 9.16. The molecule has 1 saturated heterocycles. The average molecular weight is 364 g/mol. The second-order valence-electron chi connectivity index (χ2n) is 6.83. The molecular weight excluding hydrogens is 336 g/mol. The van der Waals surface area contributed by atoms with Crippen molar-refractivity contribution in [2.75, 3.05) is 58.3 Å². The van der Waals surface area contributed by atoms with Gasteiger partial charge in [0.2, 0.25) is 0 Å². The Balaban J connectivity index is 1.51. The van der Waals surface area contributed by atoms with E-state index >= 15 is 0 Å². The Kier molecular flexibility index (Phi) is 5.95. The van der Waals surface area contributed by atoms with Crippen LogP contribution in [0, 0.1) is 0 Å². The van der Waals surface area contributed by atoms with Crippen molar-refractivity contribution in [1.29, 1.82) is 0 Å².